The average molecular weight is 159 g/mol. The molecule has 1 aliphatic rings. The molecule has 0 saturated carbocycles. The van der Waals surface area contributed by atoms with Gasteiger partial charge in [0.25, 0.3) is 0 Å². The summed E-state index contributed by atoms with van der Waals surface area (Å²) in [4.78, 5) is 0. The van der Waals surface area contributed by atoms with Gasteiger partial charge in [-0.3, -0.25) is 0 Å². The first-order valence-corrected chi connectivity index (χ1v) is 4.55. The number of piperidine rings is 1. The number of alkyl halides is 1. The van der Waals surface area contributed by atoms with Gasteiger partial charge in [-0.1, -0.05) is 13.8 Å². The highest BCUT2D eigenvalue weighted by Crippen LogP contribution is 2.23. The third kappa shape index (κ3) is 2.78. The Balaban J connectivity index is 2.29. The molecule has 2 heteroatoms. The molecule has 1 rings (SSSR count). The van der Waals surface area contributed by atoms with E-state index in [0.29, 0.717) is 18.4 Å². The molecule has 1 heterocycles. The van der Waals surface area contributed by atoms with Crippen LogP contribution >= 0.6 is 0 Å². The lowest BCUT2D eigenvalue weighted by atomic mass is 9.88. The number of hydrogen-bond acceptors (Lipinski definition) is 1. The lowest BCUT2D eigenvalue weighted by Crippen LogP contribution is -2.38. The van der Waals surface area contributed by atoms with E-state index < -0.39 is 6.17 Å². The zero-order valence-electron chi connectivity index (χ0n) is 7.44. The Morgan fingerprint density at radius 3 is 2.82 bits per heavy atom. The van der Waals surface area contributed by atoms with Gasteiger partial charge in [0, 0.05) is 6.54 Å². The lowest BCUT2D eigenvalue weighted by molar-refractivity contribution is 0.159. The number of hydrogen-bond donors (Lipinski definition) is 1. The fourth-order valence-corrected chi connectivity index (χ4v) is 1.75. The summed E-state index contributed by atoms with van der Waals surface area (Å²) < 4.78 is 13.1. The van der Waals surface area contributed by atoms with Crippen LogP contribution in [0.25, 0.3) is 0 Å². The average Bonchev–Trinajstić information content (AvgIpc) is 1.93. The molecule has 0 aromatic heterocycles. The highest BCUT2D eigenvalue weighted by molar-refractivity contribution is 4.78. The summed E-state index contributed by atoms with van der Waals surface area (Å²) >= 11 is 0. The number of halogens is 1. The van der Waals surface area contributed by atoms with Gasteiger partial charge in [0.2, 0.25) is 0 Å². The van der Waals surface area contributed by atoms with E-state index in [1.807, 2.05) is 0 Å². The van der Waals surface area contributed by atoms with E-state index in [4.69, 9.17) is 0 Å². The molecule has 1 fully saturated rings. The zero-order chi connectivity index (χ0) is 8.27. The van der Waals surface area contributed by atoms with Crippen molar-refractivity contribution in [2.24, 2.45) is 11.8 Å². The van der Waals surface area contributed by atoms with Crippen molar-refractivity contribution in [2.45, 2.75) is 32.9 Å². The third-order valence-electron chi connectivity index (χ3n) is 2.32. The van der Waals surface area contributed by atoms with E-state index >= 15 is 0 Å². The molecule has 0 amide bonds. The van der Waals surface area contributed by atoms with Crippen molar-refractivity contribution in [3.05, 3.63) is 0 Å². The quantitative estimate of drug-likeness (QED) is 0.649. The Morgan fingerprint density at radius 1 is 1.55 bits per heavy atom. The van der Waals surface area contributed by atoms with Gasteiger partial charge in [0.05, 0.1) is 0 Å². The van der Waals surface area contributed by atoms with Crippen LogP contribution in [-0.2, 0) is 0 Å². The number of rotatable bonds is 2. The standard InChI is InChI=1S/C9H18FN/c1-7(2)5-8-3-4-11-6-9(8)10/h7-9,11H,3-6H2,1-2H3/t8?,9-/m1/s1. The van der Waals surface area contributed by atoms with Gasteiger partial charge >= 0.3 is 0 Å². The van der Waals surface area contributed by atoms with Crippen LogP contribution in [0, 0.1) is 11.8 Å². The zero-order valence-corrected chi connectivity index (χ0v) is 7.44. The first-order chi connectivity index (χ1) is 5.20. The molecule has 0 aromatic rings. The second-order valence-electron chi connectivity index (χ2n) is 3.90. The highest BCUT2D eigenvalue weighted by atomic mass is 19.1. The van der Waals surface area contributed by atoms with Crippen LogP contribution in [0.1, 0.15) is 26.7 Å². The van der Waals surface area contributed by atoms with Gasteiger partial charge < -0.3 is 5.32 Å². The summed E-state index contributed by atoms with van der Waals surface area (Å²) in [5.74, 6) is 0.951. The maximum atomic E-state index is 13.1. The van der Waals surface area contributed by atoms with Gasteiger partial charge in [-0.25, -0.2) is 4.39 Å². The Kier molecular flexibility index (Phi) is 3.31. The van der Waals surface area contributed by atoms with Crippen LogP contribution in [0.5, 0.6) is 0 Å². The fraction of sp³-hybridized carbons (Fsp3) is 1.00. The summed E-state index contributed by atoms with van der Waals surface area (Å²) in [6.07, 6.45) is 1.45. The molecular weight excluding hydrogens is 141 g/mol. The second-order valence-corrected chi connectivity index (χ2v) is 3.90. The molecule has 0 bridgehead atoms. The molecule has 11 heavy (non-hydrogen) atoms. The molecule has 1 unspecified atom stereocenters. The van der Waals surface area contributed by atoms with E-state index in [9.17, 15) is 4.39 Å². The largest absolute Gasteiger partial charge is 0.314 e. The minimum atomic E-state index is -0.605. The van der Waals surface area contributed by atoms with Crippen molar-refractivity contribution in [1.29, 1.82) is 0 Å². The van der Waals surface area contributed by atoms with E-state index in [1.54, 1.807) is 0 Å². The van der Waals surface area contributed by atoms with E-state index in [2.05, 4.69) is 19.2 Å². The summed E-state index contributed by atoms with van der Waals surface area (Å²) in [6, 6.07) is 0. The van der Waals surface area contributed by atoms with Crippen LogP contribution < -0.4 is 5.32 Å². The van der Waals surface area contributed by atoms with Crippen molar-refractivity contribution >= 4 is 0 Å². The van der Waals surface area contributed by atoms with E-state index in [-0.39, 0.29) is 0 Å². The van der Waals surface area contributed by atoms with Crippen molar-refractivity contribution in [2.75, 3.05) is 13.1 Å². The first-order valence-electron chi connectivity index (χ1n) is 4.55. The molecule has 0 radical (unpaired) electrons. The second kappa shape index (κ2) is 4.05. The van der Waals surface area contributed by atoms with Crippen molar-refractivity contribution in [3.8, 4) is 0 Å². The van der Waals surface area contributed by atoms with Crippen molar-refractivity contribution in [1.82, 2.24) is 5.32 Å². The monoisotopic (exact) mass is 159 g/mol. The van der Waals surface area contributed by atoms with Gasteiger partial charge in [-0.15, -0.1) is 0 Å². The smallest absolute Gasteiger partial charge is 0.115 e. The maximum Gasteiger partial charge on any atom is 0.115 e. The van der Waals surface area contributed by atoms with Crippen LogP contribution in [0.15, 0.2) is 0 Å². The molecule has 0 aliphatic carbocycles. The van der Waals surface area contributed by atoms with Crippen molar-refractivity contribution in [3.63, 3.8) is 0 Å². The topological polar surface area (TPSA) is 12.0 Å². The maximum absolute atomic E-state index is 13.1. The molecule has 1 N–H and O–H groups in total. The molecule has 1 saturated heterocycles. The summed E-state index contributed by atoms with van der Waals surface area (Å²) in [6.45, 7) is 5.89. The highest BCUT2D eigenvalue weighted by Gasteiger charge is 2.24. The molecule has 1 nitrogen and oxygen atoms in total. The molecule has 66 valence electrons. The third-order valence-corrected chi connectivity index (χ3v) is 2.32. The predicted molar refractivity (Wildman–Crippen MR) is 45.3 cm³/mol. The Morgan fingerprint density at radius 2 is 2.27 bits per heavy atom. The first kappa shape index (κ1) is 8.98. The minimum Gasteiger partial charge on any atom is -0.314 e. The van der Waals surface area contributed by atoms with Crippen LogP contribution in [0.3, 0.4) is 0 Å². The normalized spacial score (nSPS) is 32.7. The summed E-state index contributed by atoms with van der Waals surface area (Å²) in [5.41, 5.74) is 0. The summed E-state index contributed by atoms with van der Waals surface area (Å²) in [5, 5.41) is 3.06. The molecular formula is C9H18FN. The van der Waals surface area contributed by atoms with Crippen LogP contribution in [0.2, 0.25) is 0 Å². The number of nitrogens with one attached hydrogen (secondary N) is 1. The van der Waals surface area contributed by atoms with Gasteiger partial charge in [0.15, 0.2) is 0 Å². The van der Waals surface area contributed by atoms with Gasteiger partial charge in [-0.2, -0.15) is 0 Å². The van der Waals surface area contributed by atoms with Crippen LogP contribution in [0.4, 0.5) is 4.39 Å². The molecule has 2 atom stereocenters. The van der Waals surface area contributed by atoms with E-state index in [1.165, 1.54) is 0 Å². The van der Waals surface area contributed by atoms with E-state index in [0.717, 1.165) is 19.4 Å². The Hall–Kier alpha value is -0.110. The van der Waals surface area contributed by atoms with Gasteiger partial charge in [-0.05, 0) is 31.2 Å². The summed E-state index contributed by atoms with van der Waals surface area (Å²) in [7, 11) is 0. The Labute approximate surface area is 68.4 Å². The van der Waals surface area contributed by atoms with Gasteiger partial charge in [0.1, 0.15) is 6.17 Å². The molecule has 1 aliphatic heterocycles. The molecule has 0 spiro atoms. The van der Waals surface area contributed by atoms with Crippen molar-refractivity contribution < 1.29 is 4.39 Å². The van der Waals surface area contributed by atoms with Crippen LogP contribution in [-0.4, -0.2) is 19.3 Å². The minimum absolute atomic E-state index is 0.316. The lowest BCUT2D eigenvalue weighted by Gasteiger charge is -2.27. The SMILES string of the molecule is CC(C)CC1CCNC[C@H]1F. The Bertz CT molecular complexity index is 114. The fourth-order valence-electron chi connectivity index (χ4n) is 1.75. The predicted octanol–water partition coefficient (Wildman–Crippen LogP) is 1.98. The molecule has 0 aromatic carbocycles.